The zero-order valence-electron chi connectivity index (χ0n) is 21.9. The first-order valence-electron chi connectivity index (χ1n) is 13.5. The van der Waals surface area contributed by atoms with E-state index in [4.69, 9.17) is 9.47 Å². The second-order valence-corrected chi connectivity index (χ2v) is 10.7. The van der Waals surface area contributed by atoms with Gasteiger partial charge in [0.25, 0.3) is 0 Å². The van der Waals surface area contributed by atoms with Crippen molar-refractivity contribution in [3.8, 4) is 5.75 Å². The van der Waals surface area contributed by atoms with Crippen molar-refractivity contribution in [3.05, 3.63) is 65.2 Å². The van der Waals surface area contributed by atoms with Gasteiger partial charge in [0.15, 0.2) is 0 Å². The van der Waals surface area contributed by atoms with Crippen molar-refractivity contribution in [3.63, 3.8) is 0 Å². The Morgan fingerprint density at radius 2 is 1.94 bits per heavy atom. The van der Waals surface area contributed by atoms with Crippen LogP contribution >= 0.6 is 0 Å². The van der Waals surface area contributed by atoms with Gasteiger partial charge in [0.05, 0.1) is 38.8 Å². The van der Waals surface area contributed by atoms with Gasteiger partial charge in [0.1, 0.15) is 11.7 Å². The lowest BCUT2D eigenvalue weighted by Crippen LogP contribution is -3.00. The van der Waals surface area contributed by atoms with E-state index in [1.807, 2.05) is 6.07 Å². The van der Waals surface area contributed by atoms with Crippen molar-refractivity contribution in [1.82, 2.24) is 4.90 Å². The monoisotopic (exact) mass is 512 g/mol. The molecule has 2 saturated heterocycles. The number of nitrogens with two attached hydrogens (primary N) is 1. The number of hydrogen-bond donors (Lipinski definition) is 1. The molecule has 3 aliphatic rings. The van der Waals surface area contributed by atoms with E-state index >= 15 is 0 Å². The van der Waals surface area contributed by atoms with Crippen LogP contribution in [-0.2, 0) is 21.6 Å². The highest BCUT2D eigenvalue weighted by atomic mass is 35.5. The molecule has 5 rings (SSSR count). The lowest BCUT2D eigenvalue weighted by atomic mass is 9.69. The Bertz CT molecular complexity index is 1030. The molecular weight excluding hydrogens is 472 g/mol. The number of carbonyl (C=O) groups is 1. The van der Waals surface area contributed by atoms with Crippen molar-refractivity contribution >= 4 is 5.91 Å². The molecule has 0 aliphatic carbocycles. The topological polar surface area (TPSA) is 55.4 Å². The Labute approximate surface area is 222 Å². The van der Waals surface area contributed by atoms with Crippen LogP contribution in [0.15, 0.2) is 48.5 Å². The fraction of sp³-hybridized carbons (Fsp3) is 0.567. The minimum absolute atomic E-state index is 0. The third-order valence-corrected chi connectivity index (χ3v) is 9.16. The predicted molar refractivity (Wildman–Crippen MR) is 137 cm³/mol. The molecule has 2 N–H and O–H groups in total. The average Bonchev–Trinajstić information content (AvgIpc) is 3.33. The molecule has 0 aromatic heterocycles. The molecule has 5 nitrogen and oxygen atoms in total. The summed E-state index contributed by atoms with van der Waals surface area (Å²) in [6, 6.07) is 17.5. The highest BCUT2D eigenvalue weighted by molar-refractivity contribution is 5.82. The Kier molecular flexibility index (Phi) is 8.64. The largest absolute Gasteiger partial charge is 1.00 e. The Hall–Kier alpha value is -2.08. The number of hydrogen-bond acceptors (Lipinski definition) is 3. The van der Waals surface area contributed by atoms with Gasteiger partial charge in [-0.3, -0.25) is 4.79 Å². The number of likely N-dealkylation sites (tertiary alicyclic amines) is 1. The first-order valence-corrected chi connectivity index (χ1v) is 13.5. The van der Waals surface area contributed by atoms with E-state index in [9.17, 15) is 4.79 Å². The Balaban J connectivity index is 0.00000304. The number of fused-ring (bicyclic) bond motifs is 2. The summed E-state index contributed by atoms with van der Waals surface area (Å²) in [5, 5.41) is 2.32. The van der Waals surface area contributed by atoms with E-state index in [1.54, 1.807) is 7.11 Å². The van der Waals surface area contributed by atoms with Crippen molar-refractivity contribution in [2.24, 2.45) is 11.8 Å². The fourth-order valence-corrected chi connectivity index (χ4v) is 7.23. The van der Waals surface area contributed by atoms with Crippen LogP contribution in [0.25, 0.3) is 0 Å². The van der Waals surface area contributed by atoms with E-state index in [0.717, 1.165) is 56.6 Å². The molecule has 6 heteroatoms. The molecule has 1 amide bonds. The van der Waals surface area contributed by atoms with Gasteiger partial charge in [-0.05, 0) is 41.9 Å². The van der Waals surface area contributed by atoms with E-state index < -0.39 is 0 Å². The maximum atomic E-state index is 14.4. The molecule has 0 bridgehead atoms. The van der Waals surface area contributed by atoms with Crippen LogP contribution in [0.1, 0.15) is 62.1 Å². The van der Waals surface area contributed by atoms with Gasteiger partial charge in [0.2, 0.25) is 5.91 Å². The number of quaternary nitrogens is 1. The normalized spacial score (nSPS) is 27.6. The van der Waals surface area contributed by atoms with Crippen molar-refractivity contribution in [1.29, 1.82) is 0 Å². The zero-order valence-corrected chi connectivity index (χ0v) is 22.7. The summed E-state index contributed by atoms with van der Waals surface area (Å²) in [4.78, 5) is 16.7. The Morgan fingerprint density at radius 3 is 2.67 bits per heavy atom. The number of halogens is 1. The van der Waals surface area contributed by atoms with Crippen LogP contribution in [0.3, 0.4) is 0 Å². The van der Waals surface area contributed by atoms with Gasteiger partial charge < -0.3 is 32.1 Å². The summed E-state index contributed by atoms with van der Waals surface area (Å²) < 4.78 is 11.8. The van der Waals surface area contributed by atoms with E-state index in [0.29, 0.717) is 37.0 Å². The number of amides is 1. The van der Waals surface area contributed by atoms with Crippen LogP contribution in [-0.4, -0.2) is 50.2 Å². The van der Waals surface area contributed by atoms with E-state index in [1.165, 1.54) is 11.1 Å². The van der Waals surface area contributed by atoms with Gasteiger partial charge in [-0.2, -0.15) is 0 Å². The third kappa shape index (κ3) is 4.66. The molecule has 2 aromatic carbocycles. The van der Waals surface area contributed by atoms with Crippen LogP contribution in [0.2, 0.25) is 0 Å². The number of rotatable bonds is 6. The number of nitrogens with zero attached hydrogens (tertiary/aromatic N) is 1. The van der Waals surface area contributed by atoms with Crippen molar-refractivity contribution in [2.45, 2.75) is 63.5 Å². The van der Waals surface area contributed by atoms with Gasteiger partial charge in [0, 0.05) is 18.2 Å². The van der Waals surface area contributed by atoms with Crippen LogP contribution < -0.4 is 22.5 Å². The van der Waals surface area contributed by atoms with Crippen LogP contribution in [0, 0.1) is 11.8 Å². The third-order valence-electron chi connectivity index (χ3n) is 9.16. The summed E-state index contributed by atoms with van der Waals surface area (Å²) in [6.07, 6.45) is 4.32. The zero-order chi connectivity index (χ0) is 24.4. The molecular formula is C30H41ClN2O3. The number of methoxy groups -OCH3 is 1. The molecule has 36 heavy (non-hydrogen) atoms. The maximum absolute atomic E-state index is 14.4. The fourth-order valence-electron chi connectivity index (χ4n) is 7.23. The molecule has 3 aliphatic heterocycles. The van der Waals surface area contributed by atoms with Crippen LogP contribution in [0.4, 0.5) is 0 Å². The SMILES string of the molecule is CCC(CC)[C@@H]1C[C@H](c2ccccc2)CCN1C(=O)[C@@H]1C[NH2+]C[C@]12COCc1c(OC)cccc12.[Cl-]. The second-order valence-electron chi connectivity index (χ2n) is 10.7. The van der Waals surface area contributed by atoms with E-state index in [-0.39, 0.29) is 23.7 Å². The molecule has 2 aromatic rings. The second kappa shape index (κ2) is 11.5. The predicted octanol–water partition coefficient (Wildman–Crippen LogP) is 0.871. The van der Waals surface area contributed by atoms with Gasteiger partial charge in [-0.15, -0.1) is 0 Å². The number of benzene rings is 2. The van der Waals surface area contributed by atoms with Gasteiger partial charge >= 0.3 is 0 Å². The molecule has 1 spiro atoms. The molecule has 0 unspecified atom stereocenters. The molecule has 2 fully saturated rings. The van der Waals surface area contributed by atoms with Gasteiger partial charge in [-0.25, -0.2) is 0 Å². The van der Waals surface area contributed by atoms with Crippen molar-refractivity contribution in [2.75, 3.05) is 33.4 Å². The first-order chi connectivity index (χ1) is 17.1. The number of ether oxygens (including phenoxy) is 2. The van der Waals surface area contributed by atoms with E-state index in [2.05, 4.69) is 66.5 Å². The highest BCUT2D eigenvalue weighted by Crippen LogP contribution is 2.44. The standard InChI is InChI=1S/C30H40N2O3.ClH/c1-4-21(5-2)27-16-23(22-10-7-6-8-11-22)14-15-32(27)29(33)26-17-31-19-30(26)20-35-18-24-25(30)12-9-13-28(24)34-3;/h6-13,21,23,26-27,31H,4-5,14-20H2,1-3H3;1H/t23-,26+,27+,30-;/m1./s1. The summed E-state index contributed by atoms with van der Waals surface area (Å²) in [7, 11) is 1.72. The first kappa shape index (κ1) is 27.0. The summed E-state index contributed by atoms with van der Waals surface area (Å²) >= 11 is 0. The minimum atomic E-state index is -0.284. The summed E-state index contributed by atoms with van der Waals surface area (Å²) in [5.41, 5.74) is 3.51. The molecule has 0 radical (unpaired) electrons. The summed E-state index contributed by atoms with van der Waals surface area (Å²) in [6.45, 7) is 8.29. The smallest absolute Gasteiger partial charge is 0.232 e. The quantitative estimate of drug-likeness (QED) is 0.625. The minimum Gasteiger partial charge on any atom is -1.00 e. The molecule has 196 valence electrons. The summed E-state index contributed by atoms with van der Waals surface area (Å²) in [5.74, 6) is 2.19. The lowest BCUT2D eigenvalue weighted by Gasteiger charge is -2.46. The van der Waals surface area contributed by atoms with Gasteiger partial charge in [-0.1, -0.05) is 69.2 Å². The molecule has 0 saturated carbocycles. The van der Waals surface area contributed by atoms with Crippen molar-refractivity contribution < 1.29 is 32.0 Å². The average molecular weight is 513 g/mol. The Morgan fingerprint density at radius 1 is 1.17 bits per heavy atom. The number of carbonyl (C=O) groups excluding carboxylic acids is 1. The number of piperidine rings is 1. The molecule has 3 heterocycles. The molecule has 4 atom stereocenters. The van der Waals surface area contributed by atoms with Crippen LogP contribution in [0.5, 0.6) is 5.75 Å². The highest BCUT2D eigenvalue weighted by Gasteiger charge is 2.56. The lowest BCUT2D eigenvalue weighted by molar-refractivity contribution is -0.640. The maximum Gasteiger partial charge on any atom is 0.232 e.